The van der Waals surface area contributed by atoms with Gasteiger partial charge in [-0.1, -0.05) is 32.0 Å². The van der Waals surface area contributed by atoms with E-state index in [2.05, 4.69) is 51.0 Å². The normalized spacial score (nSPS) is 11.4. The summed E-state index contributed by atoms with van der Waals surface area (Å²) in [6.07, 6.45) is 0.885. The van der Waals surface area contributed by atoms with Crippen molar-refractivity contribution in [2.24, 2.45) is 10.9 Å². The molecule has 7 heteroatoms. The molecule has 6 nitrogen and oxygen atoms in total. The van der Waals surface area contributed by atoms with Gasteiger partial charge in [-0.15, -0.1) is 24.0 Å². The molecule has 0 unspecified atom stereocenters. The van der Waals surface area contributed by atoms with E-state index in [-0.39, 0.29) is 35.8 Å². The largest absolute Gasteiger partial charge is 0.358 e. The van der Waals surface area contributed by atoms with Crippen LogP contribution < -0.4 is 16.0 Å². The zero-order valence-electron chi connectivity index (χ0n) is 16.7. The van der Waals surface area contributed by atoms with Crippen molar-refractivity contribution < 1.29 is 4.79 Å². The third-order valence-electron chi connectivity index (χ3n) is 4.24. The van der Waals surface area contributed by atoms with Crippen LogP contribution in [0.1, 0.15) is 32.0 Å². The molecule has 1 aromatic heterocycles. The van der Waals surface area contributed by atoms with Crippen LogP contribution in [0.25, 0.3) is 10.9 Å². The van der Waals surface area contributed by atoms with E-state index >= 15 is 0 Å². The summed E-state index contributed by atoms with van der Waals surface area (Å²) >= 11 is 0. The van der Waals surface area contributed by atoms with Gasteiger partial charge in [0.15, 0.2) is 5.96 Å². The van der Waals surface area contributed by atoms with Crippen LogP contribution >= 0.6 is 24.0 Å². The molecule has 0 aliphatic heterocycles. The summed E-state index contributed by atoms with van der Waals surface area (Å²) in [5.41, 5.74) is 3.70. The number of aromatic nitrogens is 1. The lowest BCUT2D eigenvalue weighted by Gasteiger charge is -2.12. The van der Waals surface area contributed by atoms with Crippen molar-refractivity contribution in [1.82, 2.24) is 20.9 Å². The number of hydrogen-bond donors (Lipinski definition) is 4. The molecule has 0 radical (unpaired) electrons. The Hall–Kier alpha value is -1.77. The average molecular weight is 485 g/mol. The number of carbonyl (C=O) groups excluding carboxylic acids is 1. The zero-order valence-corrected chi connectivity index (χ0v) is 19.0. The number of halogens is 1. The van der Waals surface area contributed by atoms with E-state index in [1.165, 1.54) is 22.2 Å². The summed E-state index contributed by atoms with van der Waals surface area (Å²) in [4.78, 5) is 19.7. The Morgan fingerprint density at radius 2 is 1.85 bits per heavy atom. The highest BCUT2D eigenvalue weighted by molar-refractivity contribution is 14.0. The molecule has 0 aliphatic carbocycles. The Bertz CT molecular complexity index is 754. The monoisotopic (exact) mass is 485 g/mol. The number of rotatable bonds is 8. The zero-order chi connectivity index (χ0) is 18.9. The van der Waals surface area contributed by atoms with Crippen LogP contribution in [0.4, 0.5) is 0 Å². The predicted octanol–water partition coefficient (Wildman–Crippen LogP) is 2.96. The first-order valence-electron chi connectivity index (χ1n) is 9.39. The van der Waals surface area contributed by atoms with Crippen molar-refractivity contribution in [2.75, 3.05) is 26.2 Å². The third-order valence-corrected chi connectivity index (χ3v) is 4.24. The SMILES string of the molecule is CCNC(=NCCc1c(C)[nH]c2ccccc12)NCCNC(=O)C(C)C.I. The Kier molecular flexibility index (Phi) is 10.2. The number of guanidine groups is 1. The van der Waals surface area contributed by atoms with Crippen molar-refractivity contribution in [3.8, 4) is 0 Å². The van der Waals surface area contributed by atoms with Crippen molar-refractivity contribution in [3.05, 3.63) is 35.5 Å². The number of amides is 1. The van der Waals surface area contributed by atoms with Crippen molar-refractivity contribution in [3.63, 3.8) is 0 Å². The van der Waals surface area contributed by atoms with Gasteiger partial charge in [-0.25, -0.2) is 0 Å². The molecule has 27 heavy (non-hydrogen) atoms. The molecule has 0 saturated carbocycles. The smallest absolute Gasteiger partial charge is 0.222 e. The Morgan fingerprint density at radius 3 is 2.56 bits per heavy atom. The summed E-state index contributed by atoms with van der Waals surface area (Å²) in [5.74, 6) is 0.864. The van der Waals surface area contributed by atoms with E-state index in [1.807, 2.05) is 26.8 Å². The fourth-order valence-corrected chi connectivity index (χ4v) is 2.85. The topological polar surface area (TPSA) is 81.3 Å². The summed E-state index contributed by atoms with van der Waals surface area (Å²) in [6.45, 7) is 10.7. The number of H-pyrrole nitrogens is 1. The Balaban J connectivity index is 0.00000364. The lowest BCUT2D eigenvalue weighted by atomic mass is 10.1. The highest BCUT2D eigenvalue weighted by Gasteiger charge is 2.08. The minimum atomic E-state index is 0. The molecule has 1 amide bonds. The Labute approximate surface area is 179 Å². The van der Waals surface area contributed by atoms with Gasteiger partial charge in [-0.05, 0) is 31.9 Å². The Morgan fingerprint density at radius 1 is 1.15 bits per heavy atom. The average Bonchev–Trinajstić information content (AvgIpc) is 2.93. The van der Waals surface area contributed by atoms with Crippen LogP contribution in [0, 0.1) is 12.8 Å². The van der Waals surface area contributed by atoms with E-state index in [0.29, 0.717) is 19.6 Å². The van der Waals surface area contributed by atoms with E-state index in [0.717, 1.165) is 18.9 Å². The molecule has 0 bridgehead atoms. The minimum absolute atomic E-state index is 0. The van der Waals surface area contributed by atoms with Gasteiger partial charge >= 0.3 is 0 Å². The van der Waals surface area contributed by atoms with Crippen LogP contribution in [0.3, 0.4) is 0 Å². The summed E-state index contributed by atoms with van der Waals surface area (Å²) in [7, 11) is 0. The van der Waals surface area contributed by atoms with Crippen LogP contribution in [0.5, 0.6) is 0 Å². The first-order valence-corrected chi connectivity index (χ1v) is 9.39. The van der Waals surface area contributed by atoms with Crippen molar-refractivity contribution >= 4 is 46.7 Å². The molecule has 0 spiro atoms. The first-order chi connectivity index (χ1) is 12.5. The number of carbonyl (C=O) groups is 1. The molecular weight excluding hydrogens is 453 g/mol. The molecule has 0 saturated heterocycles. The van der Waals surface area contributed by atoms with E-state index in [1.54, 1.807) is 0 Å². The number of aromatic amines is 1. The number of aliphatic imine (C=N–C) groups is 1. The maximum absolute atomic E-state index is 11.6. The molecule has 2 rings (SSSR count). The lowest BCUT2D eigenvalue weighted by Crippen LogP contribution is -2.42. The van der Waals surface area contributed by atoms with Crippen molar-refractivity contribution in [2.45, 2.75) is 34.1 Å². The second kappa shape index (κ2) is 11.8. The fraction of sp³-hybridized carbons (Fsp3) is 0.500. The first kappa shape index (κ1) is 23.3. The van der Waals surface area contributed by atoms with Gasteiger partial charge in [0.05, 0.1) is 0 Å². The molecular formula is C20H32IN5O. The molecule has 0 atom stereocenters. The van der Waals surface area contributed by atoms with E-state index in [9.17, 15) is 4.79 Å². The number of nitrogens with one attached hydrogen (secondary N) is 4. The number of fused-ring (bicyclic) bond motifs is 1. The van der Waals surface area contributed by atoms with Gasteiger partial charge in [0.2, 0.25) is 5.91 Å². The molecule has 0 aliphatic rings. The number of hydrogen-bond acceptors (Lipinski definition) is 2. The lowest BCUT2D eigenvalue weighted by molar-refractivity contribution is -0.123. The highest BCUT2D eigenvalue weighted by Crippen LogP contribution is 2.22. The van der Waals surface area contributed by atoms with Gasteiger partial charge in [0, 0.05) is 48.7 Å². The van der Waals surface area contributed by atoms with Crippen LogP contribution in [0.15, 0.2) is 29.3 Å². The fourth-order valence-electron chi connectivity index (χ4n) is 2.85. The third kappa shape index (κ3) is 7.04. The second-order valence-electron chi connectivity index (χ2n) is 6.66. The molecule has 4 N–H and O–H groups in total. The van der Waals surface area contributed by atoms with E-state index in [4.69, 9.17) is 0 Å². The number of aryl methyl sites for hydroxylation is 1. The maximum atomic E-state index is 11.6. The van der Waals surface area contributed by atoms with Crippen LogP contribution in [-0.4, -0.2) is 43.0 Å². The molecule has 150 valence electrons. The summed E-state index contributed by atoms with van der Waals surface area (Å²) in [5, 5.41) is 10.7. The van der Waals surface area contributed by atoms with Gasteiger partial charge < -0.3 is 20.9 Å². The van der Waals surface area contributed by atoms with E-state index < -0.39 is 0 Å². The molecule has 1 heterocycles. The molecule has 2 aromatic rings. The second-order valence-corrected chi connectivity index (χ2v) is 6.66. The highest BCUT2D eigenvalue weighted by atomic mass is 127. The quantitative estimate of drug-likeness (QED) is 0.201. The summed E-state index contributed by atoms with van der Waals surface area (Å²) < 4.78 is 0. The number of para-hydroxylation sites is 1. The van der Waals surface area contributed by atoms with Gasteiger partial charge in [-0.2, -0.15) is 0 Å². The minimum Gasteiger partial charge on any atom is -0.358 e. The van der Waals surface area contributed by atoms with Gasteiger partial charge in [-0.3, -0.25) is 9.79 Å². The van der Waals surface area contributed by atoms with Gasteiger partial charge in [0.25, 0.3) is 0 Å². The maximum Gasteiger partial charge on any atom is 0.222 e. The van der Waals surface area contributed by atoms with Crippen LogP contribution in [-0.2, 0) is 11.2 Å². The summed E-state index contributed by atoms with van der Waals surface area (Å²) in [6, 6.07) is 8.37. The van der Waals surface area contributed by atoms with Crippen molar-refractivity contribution in [1.29, 1.82) is 0 Å². The standard InChI is InChI=1S/C20H31N5O.HI/c1-5-21-20(24-13-12-22-19(26)14(2)3)23-11-10-16-15(4)25-18-9-7-6-8-17(16)18;/h6-9,14,25H,5,10-13H2,1-4H3,(H,22,26)(H2,21,23,24);1H. The predicted molar refractivity (Wildman–Crippen MR) is 124 cm³/mol. The number of benzene rings is 1. The van der Waals surface area contributed by atoms with Crippen LogP contribution in [0.2, 0.25) is 0 Å². The van der Waals surface area contributed by atoms with Gasteiger partial charge in [0.1, 0.15) is 0 Å². The molecule has 0 fully saturated rings. The number of nitrogens with zero attached hydrogens (tertiary/aromatic N) is 1. The molecule has 1 aromatic carbocycles.